The Hall–Kier alpha value is -2.25. The summed E-state index contributed by atoms with van der Waals surface area (Å²) < 4.78 is 10.8. The maximum atomic E-state index is 12.0. The number of hydrogen-bond acceptors (Lipinski definition) is 5. The zero-order valence-electron chi connectivity index (χ0n) is 17.4. The van der Waals surface area contributed by atoms with Gasteiger partial charge in [-0.05, 0) is 24.0 Å². The molecule has 6 heteroatoms. The average molecular weight is 400 g/mol. The number of amides is 1. The van der Waals surface area contributed by atoms with Crippen LogP contribution in [-0.2, 0) is 27.1 Å². The molecule has 6 nitrogen and oxygen atoms in total. The minimum atomic E-state index is -0.326. The van der Waals surface area contributed by atoms with Gasteiger partial charge < -0.3 is 20.5 Å². The van der Waals surface area contributed by atoms with E-state index in [0.29, 0.717) is 13.1 Å². The second-order valence-electron chi connectivity index (χ2n) is 7.05. The monoisotopic (exact) mass is 399 g/mol. The average Bonchev–Trinajstić information content (AvgIpc) is 2.76. The Morgan fingerprint density at radius 2 is 1.55 bits per heavy atom. The van der Waals surface area contributed by atoms with Crippen molar-refractivity contribution in [3.8, 4) is 0 Å². The maximum Gasteiger partial charge on any atom is 0.234 e. The van der Waals surface area contributed by atoms with E-state index in [9.17, 15) is 4.79 Å². The molecule has 0 bridgehead atoms. The Morgan fingerprint density at radius 3 is 2.10 bits per heavy atom. The van der Waals surface area contributed by atoms with E-state index in [-0.39, 0.29) is 24.8 Å². The van der Waals surface area contributed by atoms with Gasteiger partial charge in [0.1, 0.15) is 0 Å². The first kappa shape index (κ1) is 23.0. The van der Waals surface area contributed by atoms with Crippen molar-refractivity contribution in [1.82, 2.24) is 10.2 Å². The fraction of sp³-hybridized carbons (Fsp3) is 0.435. The van der Waals surface area contributed by atoms with Gasteiger partial charge in [-0.15, -0.1) is 0 Å². The second kappa shape index (κ2) is 13.1. The van der Waals surface area contributed by atoms with Crippen molar-refractivity contribution in [2.24, 2.45) is 5.73 Å². The van der Waals surface area contributed by atoms with Gasteiger partial charge in [-0.25, -0.2) is 0 Å². The molecule has 158 valence electrons. The topological polar surface area (TPSA) is 76.8 Å². The Bertz CT molecular complexity index is 693. The van der Waals surface area contributed by atoms with Crippen LogP contribution in [0.15, 0.2) is 60.7 Å². The third kappa shape index (κ3) is 8.75. The molecule has 2 aromatic rings. The Morgan fingerprint density at radius 1 is 0.966 bits per heavy atom. The highest BCUT2D eigenvalue weighted by molar-refractivity contribution is 5.78. The lowest BCUT2D eigenvalue weighted by Gasteiger charge is -2.30. The number of rotatable bonds is 13. The molecule has 1 amide bonds. The van der Waals surface area contributed by atoms with Crippen molar-refractivity contribution in [3.63, 3.8) is 0 Å². The first-order valence-electron chi connectivity index (χ1n) is 9.99. The number of nitrogens with zero attached hydrogens (tertiary/aromatic N) is 1. The minimum absolute atomic E-state index is 0.0198. The van der Waals surface area contributed by atoms with Gasteiger partial charge in [0.25, 0.3) is 0 Å². The fourth-order valence-electron chi connectivity index (χ4n) is 3.30. The highest BCUT2D eigenvalue weighted by atomic mass is 16.7. The molecule has 1 atom stereocenters. The molecule has 0 heterocycles. The van der Waals surface area contributed by atoms with Gasteiger partial charge in [0, 0.05) is 39.9 Å². The predicted molar refractivity (Wildman–Crippen MR) is 116 cm³/mol. The molecule has 0 spiro atoms. The van der Waals surface area contributed by atoms with Crippen LogP contribution in [0.3, 0.4) is 0 Å². The summed E-state index contributed by atoms with van der Waals surface area (Å²) in [5.74, 6) is -0.149. The van der Waals surface area contributed by atoms with Crippen molar-refractivity contribution < 1.29 is 14.3 Å². The number of nitrogens with one attached hydrogen (secondary N) is 1. The van der Waals surface area contributed by atoms with E-state index in [1.165, 1.54) is 11.1 Å². The lowest BCUT2D eigenvalue weighted by atomic mass is 10.0. The van der Waals surface area contributed by atoms with Gasteiger partial charge >= 0.3 is 0 Å². The third-order valence-corrected chi connectivity index (χ3v) is 4.85. The largest absolute Gasteiger partial charge is 0.355 e. The van der Waals surface area contributed by atoms with Crippen molar-refractivity contribution in [2.75, 3.05) is 40.4 Å². The molecule has 0 aliphatic rings. The van der Waals surface area contributed by atoms with Gasteiger partial charge in [-0.2, -0.15) is 0 Å². The van der Waals surface area contributed by atoms with E-state index in [1.807, 2.05) is 36.4 Å². The lowest BCUT2D eigenvalue weighted by Crippen LogP contribution is -2.49. The summed E-state index contributed by atoms with van der Waals surface area (Å²) in [7, 11) is 3.28. The number of ether oxygens (including phenoxy) is 2. The highest BCUT2D eigenvalue weighted by Crippen LogP contribution is 2.09. The zero-order valence-corrected chi connectivity index (χ0v) is 17.4. The van der Waals surface area contributed by atoms with Crippen LogP contribution in [0.5, 0.6) is 0 Å². The molecular formula is C23H33N3O3. The van der Waals surface area contributed by atoms with Crippen LogP contribution < -0.4 is 11.1 Å². The molecule has 3 N–H and O–H groups in total. The molecule has 2 aromatic carbocycles. The van der Waals surface area contributed by atoms with E-state index in [2.05, 4.69) is 34.5 Å². The van der Waals surface area contributed by atoms with Crippen molar-refractivity contribution in [2.45, 2.75) is 25.2 Å². The van der Waals surface area contributed by atoms with Crippen LogP contribution in [-0.4, -0.2) is 63.5 Å². The molecule has 0 saturated carbocycles. The normalized spacial score (nSPS) is 12.3. The Kier molecular flexibility index (Phi) is 10.4. The SMILES string of the molecule is COC(CN(CCc1ccccc1)C[C@H](Cc1ccccc1)NC(=O)CN)OC. The summed E-state index contributed by atoms with van der Waals surface area (Å²) in [5.41, 5.74) is 7.98. The molecule has 0 fully saturated rings. The number of carbonyl (C=O) groups excluding carboxylic acids is 1. The summed E-state index contributed by atoms with van der Waals surface area (Å²) in [6.45, 7) is 2.10. The number of benzene rings is 2. The molecule has 29 heavy (non-hydrogen) atoms. The first-order valence-corrected chi connectivity index (χ1v) is 9.99. The summed E-state index contributed by atoms with van der Waals surface area (Å²) in [5, 5.41) is 3.07. The van der Waals surface area contributed by atoms with Gasteiger partial charge in [0.05, 0.1) is 6.54 Å². The molecule has 0 aromatic heterocycles. The van der Waals surface area contributed by atoms with Crippen LogP contribution in [0, 0.1) is 0 Å². The van der Waals surface area contributed by atoms with Crippen molar-refractivity contribution >= 4 is 5.91 Å². The number of nitrogens with two attached hydrogens (primary N) is 1. The first-order chi connectivity index (χ1) is 14.1. The summed E-state index contributed by atoms with van der Waals surface area (Å²) in [6.07, 6.45) is 1.32. The molecule has 0 aliphatic heterocycles. The number of hydrogen-bond donors (Lipinski definition) is 2. The fourth-order valence-corrected chi connectivity index (χ4v) is 3.30. The standard InChI is InChI=1S/C23H33N3O3/c1-28-23(29-2)18-26(14-13-19-9-5-3-6-10-19)17-21(25-22(27)16-24)15-20-11-7-4-8-12-20/h3-12,21,23H,13-18,24H2,1-2H3,(H,25,27)/t21-/m0/s1. The van der Waals surface area contributed by atoms with Crippen molar-refractivity contribution in [1.29, 1.82) is 0 Å². The molecule has 0 saturated heterocycles. The van der Waals surface area contributed by atoms with Crippen molar-refractivity contribution in [3.05, 3.63) is 71.8 Å². The maximum absolute atomic E-state index is 12.0. The minimum Gasteiger partial charge on any atom is -0.355 e. The zero-order chi connectivity index (χ0) is 20.9. The number of carbonyl (C=O) groups is 1. The summed E-state index contributed by atoms with van der Waals surface area (Å²) in [4.78, 5) is 14.3. The Labute approximate surface area is 174 Å². The lowest BCUT2D eigenvalue weighted by molar-refractivity contribution is -0.122. The predicted octanol–water partition coefficient (Wildman–Crippen LogP) is 1.84. The third-order valence-electron chi connectivity index (χ3n) is 4.85. The van der Waals surface area contributed by atoms with Crippen LogP contribution in [0.1, 0.15) is 11.1 Å². The molecule has 0 aliphatic carbocycles. The van der Waals surface area contributed by atoms with Gasteiger partial charge in [0.2, 0.25) is 5.91 Å². The van der Waals surface area contributed by atoms with Crippen LogP contribution >= 0.6 is 0 Å². The Balaban J connectivity index is 2.09. The quantitative estimate of drug-likeness (QED) is 0.503. The van der Waals surface area contributed by atoms with E-state index >= 15 is 0 Å². The summed E-state index contributed by atoms with van der Waals surface area (Å²) >= 11 is 0. The highest BCUT2D eigenvalue weighted by Gasteiger charge is 2.20. The molecule has 0 unspecified atom stereocenters. The van der Waals surface area contributed by atoms with Crippen LogP contribution in [0.25, 0.3) is 0 Å². The van der Waals surface area contributed by atoms with Gasteiger partial charge in [-0.1, -0.05) is 60.7 Å². The van der Waals surface area contributed by atoms with E-state index in [0.717, 1.165) is 19.4 Å². The number of methoxy groups -OCH3 is 2. The van der Waals surface area contributed by atoms with E-state index in [4.69, 9.17) is 15.2 Å². The summed E-state index contributed by atoms with van der Waals surface area (Å²) in [6, 6.07) is 20.5. The van der Waals surface area contributed by atoms with Crippen LogP contribution in [0.2, 0.25) is 0 Å². The van der Waals surface area contributed by atoms with E-state index in [1.54, 1.807) is 14.2 Å². The molecule has 2 rings (SSSR count). The van der Waals surface area contributed by atoms with Gasteiger partial charge in [0.15, 0.2) is 6.29 Å². The molecular weight excluding hydrogens is 366 g/mol. The molecule has 0 radical (unpaired) electrons. The second-order valence-corrected chi connectivity index (χ2v) is 7.05. The van der Waals surface area contributed by atoms with Crippen LogP contribution in [0.4, 0.5) is 0 Å². The smallest absolute Gasteiger partial charge is 0.234 e. The van der Waals surface area contributed by atoms with Gasteiger partial charge in [-0.3, -0.25) is 9.69 Å². The van der Waals surface area contributed by atoms with E-state index < -0.39 is 0 Å².